The normalized spacial score (nSPS) is 15.2. The van der Waals surface area contributed by atoms with Crippen LogP contribution in [0.2, 0.25) is 0 Å². The Labute approximate surface area is 488 Å². The Morgan fingerprint density at radius 3 is 1.35 bits per heavy atom. The molecule has 83 heavy (non-hydrogen) atoms. The number of phenols is 1. The molecule has 9 rings (SSSR count). The summed E-state index contributed by atoms with van der Waals surface area (Å²) in [7, 11) is 0. The SMILES string of the molecule is CCOC(=O)COc1c(C)cc2cccnc2c1N1CCCN(C(=O)OC(C)(C)C)CC1.CCOC(=O)COc1c(C)cc2cccnc2c1N1CCCNCC1.Cc1cc2cccnc2c(N2CCCN(C(=O)OC(C)(C)C)CC2)c1O. The number of ether oxygens (including phenoxy) is 6. The number of hydrogen-bond donors (Lipinski definition) is 2. The maximum absolute atomic E-state index is 12.6. The Bertz CT molecular complexity index is 3190. The lowest BCUT2D eigenvalue weighted by Gasteiger charge is -2.28. The van der Waals surface area contributed by atoms with Gasteiger partial charge in [0.25, 0.3) is 0 Å². The van der Waals surface area contributed by atoms with E-state index in [0.29, 0.717) is 58.2 Å². The quantitative estimate of drug-likeness (QED) is 0.0913. The molecule has 448 valence electrons. The first kappa shape index (κ1) is 62.7. The van der Waals surface area contributed by atoms with Gasteiger partial charge in [-0.15, -0.1) is 0 Å². The van der Waals surface area contributed by atoms with E-state index in [1.54, 1.807) is 42.2 Å². The van der Waals surface area contributed by atoms with Gasteiger partial charge in [-0.1, -0.05) is 18.2 Å². The molecule has 3 saturated heterocycles. The number of phenolic OH excluding ortho intramolecular Hbond substituents is 1. The van der Waals surface area contributed by atoms with Crippen molar-refractivity contribution in [2.45, 2.75) is 107 Å². The topological polar surface area (TPSA) is 211 Å². The van der Waals surface area contributed by atoms with Crippen molar-refractivity contribution in [1.29, 1.82) is 0 Å². The molecule has 2 N–H and O–H groups in total. The Morgan fingerprint density at radius 1 is 0.518 bits per heavy atom. The maximum Gasteiger partial charge on any atom is 0.410 e. The molecule has 0 unspecified atom stereocenters. The molecule has 3 aliphatic rings. The van der Waals surface area contributed by atoms with Gasteiger partial charge in [0.05, 0.1) is 29.8 Å². The number of aryl methyl sites for hydroxylation is 3. The number of aromatic nitrogens is 3. The van der Waals surface area contributed by atoms with Gasteiger partial charge < -0.3 is 63.3 Å². The molecule has 0 bridgehead atoms. The lowest BCUT2D eigenvalue weighted by Crippen LogP contribution is -2.39. The predicted molar refractivity (Wildman–Crippen MR) is 324 cm³/mol. The second-order valence-electron chi connectivity index (χ2n) is 22.8. The van der Waals surface area contributed by atoms with E-state index < -0.39 is 17.2 Å². The Hall–Kier alpha value is -7.87. The van der Waals surface area contributed by atoms with Crippen LogP contribution in [0, 0.1) is 20.8 Å². The first-order chi connectivity index (χ1) is 39.7. The summed E-state index contributed by atoms with van der Waals surface area (Å²) >= 11 is 0. The van der Waals surface area contributed by atoms with E-state index in [1.807, 2.05) is 105 Å². The number of esters is 2. The highest BCUT2D eigenvalue weighted by molar-refractivity contribution is 5.98. The minimum atomic E-state index is -0.534. The Morgan fingerprint density at radius 2 is 0.916 bits per heavy atom. The highest BCUT2D eigenvalue weighted by Gasteiger charge is 2.30. The van der Waals surface area contributed by atoms with Crippen LogP contribution in [0.5, 0.6) is 17.2 Å². The maximum atomic E-state index is 12.6. The zero-order chi connectivity index (χ0) is 59.8. The lowest BCUT2D eigenvalue weighted by atomic mass is 10.1. The summed E-state index contributed by atoms with van der Waals surface area (Å²) in [6, 6.07) is 17.8. The summed E-state index contributed by atoms with van der Waals surface area (Å²) in [5, 5.41) is 17.2. The largest absolute Gasteiger partial charge is 0.505 e. The van der Waals surface area contributed by atoms with E-state index in [9.17, 15) is 24.3 Å². The molecule has 2 amide bonds. The van der Waals surface area contributed by atoms with E-state index >= 15 is 0 Å². The van der Waals surface area contributed by atoms with Crippen LogP contribution in [0.4, 0.5) is 26.7 Å². The highest BCUT2D eigenvalue weighted by Crippen LogP contribution is 2.41. The molecule has 0 spiro atoms. The molecule has 6 heterocycles. The van der Waals surface area contributed by atoms with E-state index in [0.717, 1.165) is 131 Å². The number of aromatic hydroxyl groups is 1. The van der Waals surface area contributed by atoms with Crippen molar-refractivity contribution >= 4 is 73.9 Å². The van der Waals surface area contributed by atoms with Crippen molar-refractivity contribution in [3.63, 3.8) is 0 Å². The number of carbonyl (C=O) groups excluding carboxylic acids is 4. The van der Waals surface area contributed by atoms with Crippen LogP contribution in [-0.4, -0.2) is 170 Å². The molecular weight excluding hydrogens is 1060 g/mol. The summed E-state index contributed by atoms with van der Waals surface area (Å²) in [4.78, 5) is 72.4. The van der Waals surface area contributed by atoms with Crippen LogP contribution in [0.25, 0.3) is 32.7 Å². The van der Waals surface area contributed by atoms with E-state index in [-0.39, 0.29) is 37.1 Å². The van der Waals surface area contributed by atoms with Gasteiger partial charge >= 0.3 is 24.1 Å². The number of benzene rings is 3. The van der Waals surface area contributed by atoms with Gasteiger partial charge in [-0.25, -0.2) is 19.2 Å². The zero-order valence-corrected chi connectivity index (χ0v) is 50.5. The van der Waals surface area contributed by atoms with Gasteiger partial charge in [0, 0.05) is 107 Å². The first-order valence-corrected chi connectivity index (χ1v) is 29.0. The average molecular weight is 1140 g/mol. The van der Waals surface area contributed by atoms with Crippen molar-refractivity contribution in [2.75, 3.05) is 120 Å². The molecule has 3 fully saturated rings. The second-order valence-corrected chi connectivity index (χ2v) is 22.8. The van der Waals surface area contributed by atoms with Gasteiger partial charge in [0.15, 0.2) is 13.2 Å². The number of fused-ring (bicyclic) bond motifs is 3. The second kappa shape index (κ2) is 28.9. The number of pyridine rings is 3. The van der Waals surface area contributed by atoms with Gasteiger partial charge in [0.1, 0.15) is 45.5 Å². The third-order valence-corrected chi connectivity index (χ3v) is 13.9. The molecule has 0 saturated carbocycles. The van der Waals surface area contributed by atoms with Crippen molar-refractivity contribution < 1.29 is 52.7 Å². The standard InChI is InChI=1S/C24H33N3O5.C20H27N3O3.C19H25N3O3/c1-6-30-19(28)16-31-22-17(2)15-18-9-7-10-25-20(18)21(22)26-11-8-12-27(14-13-26)23(29)32-24(3,4)5;1-14-13-15-7-5-8-21-16(15)17(18(14)24)22-9-6-10-23(12-11-22)19(25)26-20(2,3)4;1-3-24-16(23)13-25-19-14(2)12-15-6-4-8-21-17(15)18(19)22-10-5-7-20-9-11-22/h7,9-10,15H,6,8,11-14,16H2,1-5H3;5,7-8,13,24H,6,9-12H2,1-4H3;4,6,8,12,20H,3,5,7,9-11,13H2,1-2H3. The molecular formula is C63H85N9O11. The predicted octanol–water partition coefficient (Wildman–Crippen LogP) is 9.91. The van der Waals surface area contributed by atoms with Crippen LogP contribution in [0.3, 0.4) is 0 Å². The van der Waals surface area contributed by atoms with Gasteiger partial charge in [0.2, 0.25) is 0 Å². The summed E-state index contributed by atoms with van der Waals surface area (Å²) in [6.45, 7) is 29.8. The molecule has 6 aromatic rings. The van der Waals surface area contributed by atoms with Gasteiger partial charge in [-0.3, -0.25) is 15.0 Å². The van der Waals surface area contributed by atoms with E-state index in [4.69, 9.17) is 28.4 Å². The fourth-order valence-electron chi connectivity index (χ4n) is 10.3. The van der Waals surface area contributed by atoms with Crippen LogP contribution in [0.1, 0.15) is 91.3 Å². The van der Waals surface area contributed by atoms with Crippen LogP contribution in [-0.2, 0) is 28.5 Å². The lowest BCUT2D eigenvalue weighted by molar-refractivity contribution is -0.146. The fourth-order valence-corrected chi connectivity index (χ4v) is 10.3. The summed E-state index contributed by atoms with van der Waals surface area (Å²) in [5.74, 6) is 0.843. The average Bonchev–Trinajstić information content (AvgIpc) is 3.19. The molecule has 3 aromatic carbocycles. The third kappa shape index (κ3) is 17.1. The van der Waals surface area contributed by atoms with Crippen molar-refractivity contribution in [3.8, 4) is 17.2 Å². The number of nitrogens with zero attached hydrogens (tertiary/aromatic N) is 8. The summed E-state index contributed by atoms with van der Waals surface area (Å²) in [5.41, 5.74) is 6.79. The Balaban J connectivity index is 0.000000181. The molecule has 3 aliphatic heterocycles. The van der Waals surface area contributed by atoms with Crippen molar-refractivity contribution in [2.24, 2.45) is 0 Å². The molecule has 0 atom stereocenters. The number of carbonyl (C=O) groups is 4. The molecule has 3 aromatic heterocycles. The number of rotatable bonds is 11. The Kier molecular flexibility index (Phi) is 21.8. The first-order valence-electron chi connectivity index (χ1n) is 29.0. The van der Waals surface area contributed by atoms with E-state index in [1.165, 1.54) is 0 Å². The molecule has 20 nitrogen and oxygen atoms in total. The minimum absolute atomic E-state index is 0.0912. The fraction of sp³-hybridized carbons (Fsp3) is 0.508. The third-order valence-electron chi connectivity index (χ3n) is 13.9. The molecule has 20 heteroatoms. The van der Waals surface area contributed by atoms with Gasteiger partial charge in [-0.05, 0) is 155 Å². The number of amides is 2. The van der Waals surface area contributed by atoms with Crippen molar-refractivity contribution in [1.82, 2.24) is 30.1 Å². The zero-order valence-electron chi connectivity index (χ0n) is 50.5. The molecule has 0 aliphatic carbocycles. The summed E-state index contributed by atoms with van der Waals surface area (Å²) in [6.07, 6.45) is 7.35. The van der Waals surface area contributed by atoms with Crippen LogP contribution in [0.15, 0.2) is 73.2 Å². The van der Waals surface area contributed by atoms with Crippen molar-refractivity contribution in [3.05, 3.63) is 89.9 Å². The minimum Gasteiger partial charge on any atom is -0.505 e. The summed E-state index contributed by atoms with van der Waals surface area (Å²) < 4.78 is 32.9. The van der Waals surface area contributed by atoms with E-state index in [2.05, 4.69) is 47.1 Å². The smallest absolute Gasteiger partial charge is 0.410 e. The number of nitrogens with one attached hydrogen (secondary N) is 1. The molecule has 0 radical (unpaired) electrons. The highest BCUT2D eigenvalue weighted by atomic mass is 16.6. The van der Waals surface area contributed by atoms with Gasteiger partial charge in [-0.2, -0.15) is 0 Å². The number of hydrogen-bond acceptors (Lipinski definition) is 18. The van der Waals surface area contributed by atoms with Crippen LogP contribution < -0.4 is 29.5 Å². The number of anilines is 3. The monoisotopic (exact) mass is 1140 g/mol. The van der Waals surface area contributed by atoms with Crippen LogP contribution >= 0.6 is 0 Å².